The van der Waals surface area contributed by atoms with Gasteiger partial charge in [-0.25, -0.2) is 0 Å². The zero-order chi connectivity index (χ0) is 12.9. The lowest BCUT2D eigenvalue weighted by atomic mass is 9.85. The lowest BCUT2D eigenvalue weighted by molar-refractivity contribution is -0.0944. The molecule has 1 heterocycles. The van der Waals surface area contributed by atoms with E-state index in [0.29, 0.717) is 12.1 Å². The fourth-order valence-corrected chi connectivity index (χ4v) is 2.80. The third kappa shape index (κ3) is 3.96. The molecule has 0 aliphatic carbocycles. The Morgan fingerprint density at radius 3 is 2.41 bits per heavy atom. The fourth-order valence-electron chi connectivity index (χ4n) is 2.80. The van der Waals surface area contributed by atoms with Crippen molar-refractivity contribution in [3.8, 4) is 0 Å². The summed E-state index contributed by atoms with van der Waals surface area (Å²) in [6, 6.07) is 1.27. The average molecular weight is 241 g/mol. The summed E-state index contributed by atoms with van der Waals surface area (Å²) in [7, 11) is 0. The van der Waals surface area contributed by atoms with Crippen molar-refractivity contribution in [2.75, 3.05) is 6.61 Å². The Labute approximate surface area is 108 Å². The standard InChI is InChI=1S/C15H31NO/c1-6-12(4)13(5)16-14-9-10-17-15(7-2,8-3)11-14/h12-14,16H,6-11H2,1-5H3. The molecule has 0 aromatic rings. The van der Waals surface area contributed by atoms with Crippen molar-refractivity contribution in [2.45, 2.75) is 84.4 Å². The molecule has 3 unspecified atom stereocenters. The van der Waals surface area contributed by atoms with E-state index in [2.05, 4.69) is 39.9 Å². The van der Waals surface area contributed by atoms with E-state index < -0.39 is 0 Å². The van der Waals surface area contributed by atoms with E-state index >= 15 is 0 Å². The molecule has 0 radical (unpaired) electrons. The molecule has 2 nitrogen and oxygen atoms in total. The van der Waals surface area contributed by atoms with Gasteiger partial charge in [-0.15, -0.1) is 0 Å². The Bertz CT molecular complexity index is 213. The van der Waals surface area contributed by atoms with Crippen LogP contribution in [0.15, 0.2) is 0 Å². The van der Waals surface area contributed by atoms with Crippen LogP contribution in [-0.4, -0.2) is 24.3 Å². The van der Waals surface area contributed by atoms with Gasteiger partial charge in [-0.3, -0.25) is 0 Å². The first-order chi connectivity index (χ1) is 8.06. The monoisotopic (exact) mass is 241 g/mol. The van der Waals surface area contributed by atoms with Crippen molar-refractivity contribution in [1.82, 2.24) is 5.32 Å². The SMILES string of the molecule is CCC(C)C(C)NC1CCOC(CC)(CC)C1. The summed E-state index contributed by atoms with van der Waals surface area (Å²) < 4.78 is 6.02. The Hall–Kier alpha value is -0.0800. The highest BCUT2D eigenvalue weighted by atomic mass is 16.5. The van der Waals surface area contributed by atoms with Gasteiger partial charge >= 0.3 is 0 Å². The first-order valence-electron chi connectivity index (χ1n) is 7.46. The summed E-state index contributed by atoms with van der Waals surface area (Å²) in [5, 5.41) is 3.81. The molecule has 1 saturated heterocycles. The van der Waals surface area contributed by atoms with Crippen molar-refractivity contribution < 1.29 is 4.74 Å². The Kier molecular flexibility index (Phi) is 5.94. The third-order valence-corrected chi connectivity index (χ3v) is 4.78. The molecule has 1 fully saturated rings. The molecule has 0 bridgehead atoms. The normalized spacial score (nSPS) is 27.7. The maximum absolute atomic E-state index is 6.02. The highest BCUT2D eigenvalue weighted by molar-refractivity contribution is 4.89. The predicted molar refractivity (Wildman–Crippen MR) is 74.3 cm³/mol. The van der Waals surface area contributed by atoms with Crippen LogP contribution in [0.1, 0.15) is 66.7 Å². The van der Waals surface area contributed by atoms with Gasteiger partial charge in [0.05, 0.1) is 5.60 Å². The van der Waals surface area contributed by atoms with Gasteiger partial charge in [-0.1, -0.05) is 34.1 Å². The van der Waals surface area contributed by atoms with E-state index in [0.717, 1.165) is 25.4 Å². The van der Waals surface area contributed by atoms with Crippen LogP contribution in [0.5, 0.6) is 0 Å². The minimum absolute atomic E-state index is 0.144. The Balaban J connectivity index is 2.49. The topological polar surface area (TPSA) is 21.3 Å². The van der Waals surface area contributed by atoms with Crippen molar-refractivity contribution in [3.05, 3.63) is 0 Å². The summed E-state index contributed by atoms with van der Waals surface area (Å²) >= 11 is 0. The van der Waals surface area contributed by atoms with E-state index in [-0.39, 0.29) is 5.60 Å². The summed E-state index contributed by atoms with van der Waals surface area (Å²) in [6.45, 7) is 12.4. The van der Waals surface area contributed by atoms with Gasteiger partial charge in [0.2, 0.25) is 0 Å². The molecule has 1 N–H and O–H groups in total. The quantitative estimate of drug-likeness (QED) is 0.764. The molecule has 1 aliphatic rings. The van der Waals surface area contributed by atoms with Gasteiger partial charge in [0.1, 0.15) is 0 Å². The van der Waals surface area contributed by atoms with Gasteiger partial charge in [0.15, 0.2) is 0 Å². The zero-order valence-corrected chi connectivity index (χ0v) is 12.4. The Morgan fingerprint density at radius 1 is 1.24 bits per heavy atom. The second-order valence-electron chi connectivity index (χ2n) is 5.77. The molecule has 1 rings (SSSR count). The van der Waals surface area contributed by atoms with Crippen LogP contribution in [-0.2, 0) is 4.74 Å². The minimum Gasteiger partial charge on any atom is -0.375 e. The largest absolute Gasteiger partial charge is 0.375 e. The van der Waals surface area contributed by atoms with Crippen LogP contribution in [0.2, 0.25) is 0 Å². The molecule has 2 heteroatoms. The number of rotatable bonds is 6. The molecule has 102 valence electrons. The lowest BCUT2D eigenvalue weighted by Gasteiger charge is -2.41. The van der Waals surface area contributed by atoms with Crippen LogP contribution in [0, 0.1) is 5.92 Å². The van der Waals surface area contributed by atoms with E-state index in [1.54, 1.807) is 0 Å². The number of ether oxygens (including phenoxy) is 1. The summed E-state index contributed by atoms with van der Waals surface area (Å²) in [4.78, 5) is 0. The van der Waals surface area contributed by atoms with Gasteiger partial charge in [0, 0.05) is 18.7 Å². The molecule has 0 spiro atoms. The van der Waals surface area contributed by atoms with E-state index in [9.17, 15) is 0 Å². The van der Waals surface area contributed by atoms with E-state index in [4.69, 9.17) is 4.74 Å². The van der Waals surface area contributed by atoms with Gasteiger partial charge in [-0.2, -0.15) is 0 Å². The molecular formula is C15H31NO. The van der Waals surface area contributed by atoms with Crippen molar-refractivity contribution in [2.24, 2.45) is 5.92 Å². The number of nitrogens with one attached hydrogen (secondary N) is 1. The first kappa shape index (κ1) is 15.0. The van der Waals surface area contributed by atoms with Crippen LogP contribution in [0.3, 0.4) is 0 Å². The highest BCUT2D eigenvalue weighted by Gasteiger charge is 2.34. The maximum Gasteiger partial charge on any atom is 0.0692 e. The summed E-state index contributed by atoms with van der Waals surface area (Å²) in [6.07, 6.45) is 5.88. The minimum atomic E-state index is 0.144. The van der Waals surface area contributed by atoms with Gasteiger partial charge in [0.25, 0.3) is 0 Å². The van der Waals surface area contributed by atoms with Crippen LogP contribution in [0.25, 0.3) is 0 Å². The summed E-state index contributed by atoms with van der Waals surface area (Å²) in [5.41, 5.74) is 0.144. The van der Waals surface area contributed by atoms with Crippen molar-refractivity contribution >= 4 is 0 Å². The zero-order valence-electron chi connectivity index (χ0n) is 12.4. The third-order valence-electron chi connectivity index (χ3n) is 4.78. The molecule has 0 amide bonds. The smallest absolute Gasteiger partial charge is 0.0692 e. The second kappa shape index (κ2) is 6.75. The first-order valence-corrected chi connectivity index (χ1v) is 7.46. The highest BCUT2D eigenvalue weighted by Crippen LogP contribution is 2.31. The Morgan fingerprint density at radius 2 is 1.88 bits per heavy atom. The number of hydrogen-bond acceptors (Lipinski definition) is 2. The van der Waals surface area contributed by atoms with Crippen LogP contribution in [0.4, 0.5) is 0 Å². The maximum atomic E-state index is 6.02. The molecule has 1 aliphatic heterocycles. The van der Waals surface area contributed by atoms with Crippen LogP contribution >= 0.6 is 0 Å². The van der Waals surface area contributed by atoms with E-state index in [1.807, 2.05) is 0 Å². The van der Waals surface area contributed by atoms with Crippen molar-refractivity contribution in [1.29, 1.82) is 0 Å². The van der Waals surface area contributed by atoms with Gasteiger partial charge in [-0.05, 0) is 38.5 Å². The summed E-state index contributed by atoms with van der Waals surface area (Å²) in [5.74, 6) is 0.760. The average Bonchev–Trinajstić information content (AvgIpc) is 2.37. The molecule has 17 heavy (non-hydrogen) atoms. The predicted octanol–water partition coefficient (Wildman–Crippen LogP) is 3.75. The lowest BCUT2D eigenvalue weighted by Crippen LogP contribution is -2.49. The molecule has 3 atom stereocenters. The number of hydrogen-bond donors (Lipinski definition) is 1. The fraction of sp³-hybridized carbons (Fsp3) is 1.00. The molecular weight excluding hydrogens is 210 g/mol. The molecule has 0 aromatic carbocycles. The van der Waals surface area contributed by atoms with Gasteiger partial charge < -0.3 is 10.1 Å². The van der Waals surface area contributed by atoms with E-state index in [1.165, 1.54) is 19.3 Å². The molecule has 0 aromatic heterocycles. The van der Waals surface area contributed by atoms with Crippen molar-refractivity contribution in [3.63, 3.8) is 0 Å². The second-order valence-corrected chi connectivity index (χ2v) is 5.77. The van der Waals surface area contributed by atoms with Crippen LogP contribution < -0.4 is 5.32 Å². The molecule has 0 saturated carbocycles.